The van der Waals surface area contributed by atoms with Crippen LogP contribution in [-0.2, 0) is 9.53 Å². The van der Waals surface area contributed by atoms with Gasteiger partial charge in [-0.25, -0.2) is 4.79 Å². The number of nitrogens with two attached hydrogens (primary N) is 1. The van der Waals surface area contributed by atoms with Crippen LogP contribution in [0.3, 0.4) is 0 Å². The van der Waals surface area contributed by atoms with Gasteiger partial charge in [0.1, 0.15) is 5.00 Å². The van der Waals surface area contributed by atoms with E-state index < -0.39 is 11.9 Å². The van der Waals surface area contributed by atoms with Crippen molar-refractivity contribution in [3.05, 3.63) is 16.0 Å². The van der Waals surface area contributed by atoms with E-state index >= 15 is 0 Å². The van der Waals surface area contributed by atoms with Crippen LogP contribution in [0.5, 0.6) is 0 Å². The molecule has 1 aromatic heterocycles. The van der Waals surface area contributed by atoms with Crippen molar-refractivity contribution in [3.63, 3.8) is 0 Å². The van der Waals surface area contributed by atoms with Crippen LogP contribution in [0.1, 0.15) is 45.4 Å². The lowest BCUT2D eigenvalue weighted by atomic mass is 10.1. The van der Waals surface area contributed by atoms with Crippen molar-refractivity contribution in [1.29, 1.82) is 0 Å². The molecule has 0 unspecified atom stereocenters. The molecule has 0 radical (unpaired) electrons. The quantitative estimate of drug-likeness (QED) is 0.591. The molecule has 0 spiro atoms. The summed E-state index contributed by atoms with van der Waals surface area (Å²) in [4.78, 5) is 35.3. The minimum Gasteiger partial charge on any atom is -0.462 e. The maximum absolute atomic E-state index is 12.0. The Balaban J connectivity index is 3.11. The van der Waals surface area contributed by atoms with Gasteiger partial charge in [0.25, 0.3) is 5.91 Å². The molecule has 1 aromatic rings. The van der Waals surface area contributed by atoms with Crippen molar-refractivity contribution < 1.29 is 19.1 Å². The highest BCUT2D eigenvalue weighted by molar-refractivity contribution is 7.18. The van der Waals surface area contributed by atoms with Gasteiger partial charge >= 0.3 is 5.97 Å². The van der Waals surface area contributed by atoms with Gasteiger partial charge in [-0.3, -0.25) is 9.59 Å². The number of hydrogen-bond acceptors (Lipinski definition) is 5. The number of carbonyl (C=O) groups excluding carboxylic acids is 3. The van der Waals surface area contributed by atoms with E-state index in [9.17, 15) is 14.4 Å². The van der Waals surface area contributed by atoms with Crippen LogP contribution in [0.15, 0.2) is 0 Å². The lowest BCUT2D eigenvalue weighted by Crippen LogP contribution is -2.15. The van der Waals surface area contributed by atoms with E-state index in [1.54, 1.807) is 13.8 Å². The number of rotatable bonds is 7. The van der Waals surface area contributed by atoms with Crippen molar-refractivity contribution in [2.75, 3.05) is 17.8 Å². The van der Waals surface area contributed by atoms with Crippen molar-refractivity contribution >= 4 is 45.7 Å². The summed E-state index contributed by atoms with van der Waals surface area (Å²) >= 11 is 6.50. The number of thiophene rings is 1. The number of halogens is 1. The molecule has 3 N–H and O–H groups in total. The summed E-state index contributed by atoms with van der Waals surface area (Å²) in [5, 5.41) is 2.89. The summed E-state index contributed by atoms with van der Waals surface area (Å²) < 4.78 is 4.95. The van der Waals surface area contributed by atoms with Gasteiger partial charge in [0.2, 0.25) is 5.91 Å². The first-order valence-corrected chi connectivity index (χ1v) is 7.73. The minimum atomic E-state index is -0.649. The van der Waals surface area contributed by atoms with Crippen molar-refractivity contribution in [3.8, 4) is 0 Å². The Morgan fingerprint density at radius 1 is 1.38 bits per heavy atom. The van der Waals surface area contributed by atoms with Crippen LogP contribution in [-0.4, -0.2) is 30.3 Å². The second-order valence-corrected chi connectivity index (χ2v) is 5.58. The molecule has 1 rings (SSSR count). The van der Waals surface area contributed by atoms with Gasteiger partial charge in [0.05, 0.1) is 17.0 Å². The van der Waals surface area contributed by atoms with Gasteiger partial charge in [-0.2, -0.15) is 0 Å². The second-order valence-electron chi connectivity index (χ2n) is 4.19. The molecule has 0 saturated carbocycles. The zero-order valence-corrected chi connectivity index (χ0v) is 13.4. The number of amides is 2. The molecule has 0 bridgehead atoms. The fourth-order valence-corrected chi connectivity index (χ4v) is 2.90. The zero-order chi connectivity index (χ0) is 16.0. The molecule has 21 heavy (non-hydrogen) atoms. The summed E-state index contributed by atoms with van der Waals surface area (Å²) in [5.41, 5.74) is 5.86. The Labute approximate surface area is 131 Å². The molecule has 6 nitrogen and oxygen atoms in total. The predicted molar refractivity (Wildman–Crippen MR) is 82.1 cm³/mol. The molecule has 1 heterocycles. The first-order chi connectivity index (χ1) is 9.92. The zero-order valence-electron chi connectivity index (χ0n) is 11.8. The third kappa shape index (κ3) is 4.44. The number of carbonyl (C=O) groups is 3. The smallest absolute Gasteiger partial charge is 0.341 e. The molecule has 116 valence electrons. The van der Waals surface area contributed by atoms with Crippen molar-refractivity contribution in [1.82, 2.24) is 0 Å². The Morgan fingerprint density at radius 3 is 2.57 bits per heavy atom. The molecule has 0 fully saturated rings. The fraction of sp³-hybridized carbons (Fsp3) is 0.462. The maximum atomic E-state index is 12.0. The Morgan fingerprint density at radius 2 is 2.05 bits per heavy atom. The first-order valence-electron chi connectivity index (χ1n) is 6.38. The van der Waals surface area contributed by atoms with Crippen LogP contribution >= 0.6 is 22.9 Å². The third-order valence-electron chi connectivity index (χ3n) is 2.64. The van der Waals surface area contributed by atoms with E-state index in [-0.39, 0.29) is 34.4 Å². The molecule has 0 aliphatic rings. The minimum absolute atomic E-state index is 0.176. The summed E-state index contributed by atoms with van der Waals surface area (Å²) in [7, 11) is 0. The van der Waals surface area contributed by atoms with Crippen LogP contribution in [0, 0.1) is 6.92 Å². The lowest BCUT2D eigenvalue weighted by molar-refractivity contribution is -0.116. The molecule has 0 aliphatic carbocycles. The van der Waals surface area contributed by atoms with Gasteiger partial charge in [-0.15, -0.1) is 22.9 Å². The van der Waals surface area contributed by atoms with E-state index in [1.165, 1.54) is 0 Å². The molecule has 8 heteroatoms. The summed E-state index contributed by atoms with van der Waals surface area (Å²) in [6.07, 6.45) is 0.754. The van der Waals surface area contributed by atoms with E-state index in [0.717, 1.165) is 11.3 Å². The normalized spacial score (nSPS) is 10.2. The van der Waals surface area contributed by atoms with E-state index in [2.05, 4.69) is 5.32 Å². The average Bonchev–Trinajstić information content (AvgIpc) is 2.73. The van der Waals surface area contributed by atoms with E-state index in [4.69, 9.17) is 22.1 Å². The van der Waals surface area contributed by atoms with Crippen molar-refractivity contribution in [2.45, 2.75) is 26.7 Å². The SMILES string of the molecule is CCOC(=O)c1c(NC(=O)CCCCl)sc(C(N)=O)c1C. The highest BCUT2D eigenvalue weighted by Crippen LogP contribution is 2.33. The predicted octanol–water partition coefficient (Wildman–Crippen LogP) is 2.29. The van der Waals surface area contributed by atoms with Gasteiger partial charge in [0, 0.05) is 12.3 Å². The lowest BCUT2D eigenvalue weighted by Gasteiger charge is -2.06. The summed E-state index contributed by atoms with van der Waals surface area (Å²) in [6, 6.07) is 0. The summed E-state index contributed by atoms with van der Waals surface area (Å²) in [6.45, 7) is 3.46. The van der Waals surface area contributed by atoms with E-state index in [1.807, 2.05) is 0 Å². The number of ether oxygens (including phenoxy) is 1. The number of nitrogens with one attached hydrogen (secondary N) is 1. The van der Waals surface area contributed by atoms with Crippen LogP contribution in [0.25, 0.3) is 0 Å². The Hall–Kier alpha value is -1.60. The van der Waals surface area contributed by atoms with Crippen molar-refractivity contribution in [2.24, 2.45) is 5.73 Å². The first kappa shape index (κ1) is 17.5. The van der Waals surface area contributed by atoms with Crippen LogP contribution < -0.4 is 11.1 Å². The highest BCUT2D eigenvalue weighted by Gasteiger charge is 2.25. The third-order valence-corrected chi connectivity index (χ3v) is 4.13. The number of hydrogen-bond donors (Lipinski definition) is 2. The van der Waals surface area contributed by atoms with Gasteiger partial charge in [-0.05, 0) is 25.8 Å². The monoisotopic (exact) mass is 332 g/mol. The average molecular weight is 333 g/mol. The second kappa shape index (κ2) is 7.99. The largest absolute Gasteiger partial charge is 0.462 e. The van der Waals surface area contributed by atoms with Gasteiger partial charge in [0.15, 0.2) is 0 Å². The Bertz CT molecular complexity index is 557. The van der Waals surface area contributed by atoms with E-state index in [0.29, 0.717) is 17.9 Å². The van der Waals surface area contributed by atoms with Gasteiger partial charge < -0.3 is 15.8 Å². The molecular formula is C13H17ClN2O4S. The fourth-order valence-electron chi connectivity index (χ4n) is 1.70. The highest BCUT2D eigenvalue weighted by atomic mass is 35.5. The summed E-state index contributed by atoms with van der Waals surface area (Å²) in [5.74, 6) is -1.15. The molecule has 0 saturated heterocycles. The van der Waals surface area contributed by atoms with Crippen LogP contribution in [0.4, 0.5) is 5.00 Å². The maximum Gasteiger partial charge on any atom is 0.341 e. The number of alkyl halides is 1. The van der Waals surface area contributed by atoms with Gasteiger partial charge in [-0.1, -0.05) is 0 Å². The number of esters is 1. The van der Waals surface area contributed by atoms with Crippen LogP contribution in [0.2, 0.25) is 0 Å². The Kier molecular flexibility index (Phi) is 6.64. The number of anilines is 1. The molecule has 0 aliphatic heterocycles. The molecule has 2 amide bonds. The molecular weight excluding hydrogens is 316 g/mol. The number of primary amides is 1. The molecule has 0 aromatic carbocycles. The standard InChI is InChI=1S/C13H17ClN2O4S/c1-3-20-13(19)9-7(2)10(11(15)18)21-12(9)16-8(17)5-4-6-14/h3-6H2,1-2H3,(H2,15,18)(H,16,17). The topological polar surface area (TPSA) is 98.5 Å². The molecule has 0 atom stereocenters.